The summed E-state index contributed by atoms with van der Waals surface area (Å²) in [6.45, 7) is 0.160. The maximum atomic E-state index is 13.1. The Hall–Kier alpha value is -2.12. The topological polar surface area (TPSA) is 74.6 Å². The van der Waals surface area contributed by atoms with Gasteiger partial charge in [0.15, 0.2) is 11.6 Å². The Morgan fingerprint density at radius 3 is 1.82 bits per heavy atom. The van der Waals surface area contributed by atoms with Gasteiger partial charge in [-0.15, -0.1) is 23.5 Å². The molecule has 1 aliphatic carbocycles. The van der Waals surface area contributed by atoms with E-state index in [2.05, 4.69) is 0 Å². The van der Waals surface area contributed by atoms with Crippen molar-refractivity contribution in [1.82, 2.24) is 0 Å². The van der Waals surface area contributed by atoms with Crippen LogP contribution in [0.25, 0.3) is 10.8 Å². The Morgan fingerprint density at radius 1 is 0.607 bits per heavy atom. The second-order valence-electron chi connectivity index (χ2n) is 6.42. The number of hydrogen-bond acceptors (Lipinski definition) is 6. The molecule has 0 fully saturated rings. The first-order valence-corrected chi connectivity index (χ1v) is 10.9. The van der Waals surface area contributed by atoms with Gasteiger partial charge in [-0.3, -0.25) is 9.59 Å². The molecule has 0 unspecified atom stereocenters. The van der Waals surface area contributed by atoms with Crippen molar-refractivity contribution in [2.24, 2.45) is 0 Å². The van der Waals surface area contributed by atoms with Crippen molar-refractivity contribution in [2.75, 3.05) is 24.7 Å². The standard InChI is InChI=1S/C22H18O4S2/c23-5-7-27-15-2-1-13-10-18-19(11-14(13)9-15)22(26)20-12-16(28-8-6-24)3-4-17(20)21(18)25/h1-4,9-12,23-24H,5-8H2. The quantitative estimate of drug-likeness (QED) is 0.471. The van der Waals surface area contributed by atoms with Crippen molar-refractivity contribution >= 4 is 45.9 Å². The monoisotopic (exact) mass is 410 g/mol. The average molecular weight is 411 g/mol. The summed E-state index contributed by atoms with van der Waals surface area (Å²) in [6, 6.07) is 14.7. The Kier molecular flexibility index (Phi) is 5.55. The molecule has 0 bridgehead atoms. The molecule has 1 aliphatic rings. The van der Waals surface area contributed by atoms with Gasteiger partial charge in [0.1, 0.15) is 0 Å². The van der Waals surface area contributed by atoms with Gasteiger partial charge >= 0.3 is 0 Å². The Morgan fingerprint density at radius 2 is 1.14 bits per heavy atom. The minimum absolute atomic E-state index is 0.0556. The van der Waals surface area contributed by atoms with Crippen LogP contribution < -0.4 is 0 Å². The van der Waals surface area contributed by atoms with Gasteiger partial charge in [-0.25, -0.2) is 0 Å². The molecule has 0 saturated heterocycles. The van der Waals surface area contributed by atoms with Crippen molar-refractivity contribution in [3.63, 3.8) is 0 Å². The van der Waals surface area contributed by atoms with E-state index in [9.17, 15) is 9.59 Å². The number of rotatable bonds is 6. The molecule has 3 aromatic carbocycles. The Bertz CT molecular complexity index is 1090. The molecular formula is C22H18O4S2. The summed E-state index contributed by atoms with van der Waals surface area (Å²) < 4.78 is 0. The molecule has 0 radical (unpaired) electrons. The van der Waals surface area contributed by atoms with Crippen LogP contribution in [0.15, 0.2) is 58.3 Å². The van der Waals surface area contributed by atoms with E-state index in [0.717, 1.165) is 20.6 Å². The molecule has 4 rings (SSSR count). The van der Waals surface area contributed by atoms with Gasteiger partial charge in [0.2, 0.25) is 0 Å². The maximum Gasteiger partial charge on any atom is 0.194 e. The molecular weight excluding hydrogens is 392 g/mol. The van der Waals surface area contributed by atoms with Crippen LogP contribution in [0.2, 0.25) is 0 Å². The molecule has 0 aromatic heterocycles. The molecule has 3 aromatic rings. The lowest BCUT2D eigenvalue weighted by atomic mass is 9.83. The van der Waals surface area contributed by atoms with Gasteiger partial charge in [0.05, 0.1) is 13.2 Å². The van der Waals surface area contributed by atoms with E-state index in [1.54, 1.807) is 36.0 Å². The third-order valence-electron chi connectivity index (χ3n) is 4.64. The average Bonchev–Trinajstić information content (AvgIpc) is 2.73. The first kappa shape index (κ1) is 19.2. The lowest BCUT2D eigenvalue weighted by molar-refractivity contribution is 0.0979. The second-order valence-corrected chi connectivity index (χ2v) is 8.75. The minimum atomic E-state index is -0.147. The number of carbonyl (C=O) groups is 2. The molecule has 28 heavy (non-hydrogen) atoms. The normalized spacial score (nSPS) is 12.9. The zero-order chi connectivity index (χ0) is 19.7. The minimum Gasteiger partial charge on any atom is -0.396 e. The van der Waals surface area contributed by atoms with E-state index in [1.807, 2.05) is 24.3 Å². The van der Waals surface area contributed by atoms with E-state index >= 15 is 0 Å². The van der Waals surface area contributed by atoms with Gasteiger partial charge in [-0.05, 0) is 53.2 Å². The molecule has 0 spiro atoms. The van der Waals surface area contributed by atoms with E-state index in [0.29, 0.717) is 33.8 Å². The van der Waals surface area contributed by atoms with Crippen molar-refractivity contribution in [1.29, 1.82) is 0 Å². The predicted molar refractivity (Wildman–Crippen MR) is 113 cm³/mol. The van der Waals surface area contributed by atoms with Crippen LogP contribution in [0.1, 0.15) is 31.8 Å². The summed E-state index contributed by atoms with van der Waals surface area (Å²) in [5, 5.41) is 19.8. The number of aliphatic hydroxyl groups is 2. The summed E-state index contributed by atoms with van der Waals surface area (Å²) in [5.41, 5.74) is 1.72. The number of benzene rings is 3. The molecule has 0 heterocycles. The number of ketones is 2. The van der Waals surface area contributed by atoms with Crippen LogP contribution in [-0.2, 0) is 0 Å². The predicted octanol–water partition coefficient (Wildman–Crippen LogP) is 3.78. The van der Waals surface area contributed by atoms with Crippen molar-refractivity contribution < 1.29 is 19.8 Å². The highest BCUT2D eigenvalue weighted by Gasteiger charge is 2.30. The van der Waals surface area contributed by atoms with Crippen LogP contribution in [0.3, 0.4) is 0 Å². The summed E-state index contributed by atoms with van der Waals surface area (Å²) in [6.07, 6.45) is 0. The zero-order valence-corrected chi connectivity index (χ0v) is 16.6. The van der Waals surface area contributed by atoms with E-state index in [1.165, 1.54) is 11.8 Å². The fourth-order valence-corrected chi connectivity index (χ4v) is 4.75. The third-order valence-corrected chi connectivity index (χ3v) is 6.59. The number of carbonyl (C=O) groups excluding carboxylic acids is 2. The highest BCUT2D eigenvalue weighted by molar-refractivity contribution is 7.99. The number of thioether (sulfide) groups is 2. The molecule has 142 valence electrons. The third kappa shape index (κ3) is 3.49. The summed E-state index contributed by atoms with van der Waals surface area (Å²) in [4.78, 5) is 28.0. The van der Waals surface area contributed by atoms with Crippen LogP contribution in [-0.4, -0.2) is 46.5 Å². The highest BCUT2D eigenvalue weighted by Crippen LogP contribution is 2.34. The van der Waals surface area contributed by atoms with Crippen molar-refractivity contribution in [2.45, 2.75) is 9.79 Å². The van der Waals surface area contributed by atoms with E-state index in [4.69, 9.17) is 10.2 Å². The molecule has 2 N–H and O–H groups in total. The fraction of sp³-hybridized carbons (Fsp3) is 0.182. The lowest BCUT2D eigenvalue weighted by Gasteiger charge is -2.19. The summed E-state index contributed by atoms with van der Waals surface area (Å²) in [7, 11) is 0. The van der Waals surface area contributed by atoms with Gasteiger partial charge < -0.3 is 10.2 Å². The van der Waals surface area contributed by atoms with Gasteiger partial charge in [0, 0.05) is 43.6 Å². The highest BCUT2D eigenvalue weighted by atomic mass is 32.2. The smallest absolute Gasteiger partial charge is 0.194 e. The van der Waals surface area contributed by atoms with Crippen molar-refractivity contribution in [3.05, 3.63) is 70.8 Å². The molecule has 0 saturated carbocycles. The van der Waals surface area contributed by atoms with Gasteiger partial charge in [-0.1, -0.05) is 6.07 Å². The molecule has 6 heteroatoms. The van der Waals surface area contributed by atoms with Crippen molar-refractivity contribution in [3.8, 4) is 0 Å². The van der Waals surface area contributed by atoms with Crippen LogP contribution in [0, 0.1) is 0 Å². The Labute approximate surface area is 171 Å². The first-order valence-electron chi connectivity index (χ1n) is 8.91. The fourth-order valence-electron chi connectivity index (χ4n) is 3.36. The summed E-state index contributed by atoms with van der Waals surface area (Å²) in [5.74, 6) is 0.863. The maximum absolute atomic E-state index is 13.1. The first-order chi connectivity index (χ1) is 13.6. The number of hydrogen-bond donors (Lipinski definition) is 2. The van der Waals surface area contributed by atoms with Crippen LogP contribution >= 0.6 is 23.5 Å². The molecule has 0 amide bonds. The zero-order valence-electron chi connectivity index (χ0n) is 15.0. The number of aliphatic hydroxyl groups excluding tert-OH is 2. The largest absolute Gasteiger partial charge is 0.396 e. The van der Waals surface area contributed by atoms with Gasteiger partial charge in [-0.2, -0.15) is 0 Å². The van der Waals surface area contributed by atoms with E-state index < -0.39 is 0 Å². The number of fused-ring (bicyclic) bond motifs is 3. The molecule has 0 atom stereocenters. The summed E-state index contributed by atoms with van der Waals surface area (Å²) >= 11 is 3.00. The second kappa shape index (κ2) is 8.09. The van der Waals surface area contributed by atoms with E-state index in [-0.39, 0.29) is 24.8 Å². The lowest BCUT2D eigenvalue weighted by Crippen LogP contribution is -2.21. The SMILES string of the molecule is O=C1c2ccc(SCCO)cc2C(=O)c2cc3cc(SCCO)ccc3cc21. The Balaban J connectivity index is 1.78. The van der Waals surface area contributed by atoms with Gasteiger partial charge in [0.25, 0.3) is 0 Å². The van der Waals surface area contributed by atoms with Crippen LogP contribution in [0.5, 0.6) is 0 Å². The molecule has 0 aliphatic heterocycles. The van der Waals surface area contributed by atoms with Crippen LogP contribution in [0.4, 0.5) is 0 Å². The molecule has 4 nitrogen and oxygen atoms in total.